The SMILES string of the molecule is CCCCCCCCCCCCCCCCCC(=O)c1ccc(OC)c(OC)c1. The lowest BCUT2D eigenvalue weighted by Crippen LogP contribution is -2.00. The summed E-state index contributed by atoms with van der Waals surface area (Å²) in [6.45, 7) is 2.28. The van der Waals surface area contributed by atoms with Gasteiger partial charge in [0.1, 0.15) is 0 Å². The third-order valence-electron chi connectivity index (χ3n) is 5.71. The fourth-order valence-corrected chi connectivity index (χ4v) is 3.81. The molecule has 0 atom stereocenters. The molecule has 0 aliphatic heterocycles. The topological polar surface area (TPSA) is 35.5 Å². The normalized spacial score (nSPS) is 10.9. The summed E-state index contributed by atoms with van der Waals surface area (Å²) in [6, 6.07) is 5.42. The first-order chi connectivity index (χ1) is 14.2. The Bertz CT molecular complexity index is 539. The maximum absolute atomic E-state index is 12.3. The van der Waals surface area contributed by atoms with Gasteiger partial charge >= 0.3 is 0 Å². The highest BCUT2D eigenvalue weighted by Gasteiger charge is 2.10. The molecule has 0 spiro atoms. The van der Waals surface area contributed by atoms with Crippen molar-refractivity contribution in [2.75, 3.05) is 14.2 Å². The van der Waals surface area contributed by atoms with E-state index in [0.717, 1.165) is 12.8 Å². The van der Waals surface area contributed by atoms with Crippen LogP contribution in [-0.4, -0.2) is 20.0 Å². The molecule has 29 heavy (non-hydrogen) atoms. The van der Waals surface area contributed by atoms with Crippen LogP contribution in [0, 0.1) is 0 Å². The van der Waals surface area contributed by atoms with E-state index in [4.69, 9.17) is 9.47 Å². The molecule has 3 nitrogen and oxygen atoms in total. The maximum Gasteiger partial charge on any atom is 0.163 e. The number of rotatable bonds is 19. The Morgan fingerprint density at radius 3 is 1.55 bits per heavy atom. The zero-order chi connectivity index (χ0) is 21.2. The first-order valence-electron chi connectivity index (χ1n) is 12.0. The van der Waals surface area contributed by atoms with Gasteiger partial charge in [-0.2, -0.15) is 0 Å². The van der Waals surface area contributed by atoms with Crippen LogP contribution in [-0.2, 0) is 0 Å². The standard InChI is InChI=1S/C26H44O3/c1-4-5-6-7-8-9-10-11-12-13-14-15-16-17-18-19-24(27)23-20-21-25(28-2)26(22-23)29-3/h20-22H,4-19H2,1-3H3. The summed E-state index contributed by atoms with van der Waals surface area (Å²) in [4.78, 5) is 12.3. The van der Waals surface area contributed by atoms with Crippen molar-refractivity contribution in [3.8, 4) is 11.5 Å². The van der Waals surface area contributed by atoms with Gasteiger partial charge in [-0.25, -0.2) is 0 Å². The third-order valence-corrected chi connectivity index (χ3v) is 5.71. The summed E-state index contributed by atoms with van der Waals surface area (Å²) in [5, 5.41) is 0. The van der Waals surface area contributed by atoms with Crippen molar-refractivity contribution in [2.45, 2.75) is 110 Å². The molecular formula is C26H44O3. The van der Waals surface area contributed by atoms with Gasteiger partial charge in [-0.15, -0.1) is 0 Å². The fourth-order valence-electron chi connectivity index (χ4n) is 3.81. The second-order valence-electron chi connectivity index (χ2n) is 8.19. The summed E-state index contributed by atoms with van der Waals surface area (Å²) >= 11 is 0. The molecule has 3 heteroatoms. The molecule has 0 bridgehead atoms. The highest BCUT2D eigenvalue weighted by Crippen LogP contribution is 2.28. The van der Waals surface area contributed by atoms with Crippen LogP contribution < -0.4 is 9.47 Å². The second-order valence-corrected chi connectivity index (χ2v) is 8.19. The molecule has 1 aromatic carbocycles. The van der Waals surface area contributed by atoms with E-state index >= 15 is 0 Å². The summed E-state index contributed by atoms with van der Waals surface area (Å²) < 4.78 is 10.5. The van der Waals surface area contributed by atoms with Crippen LogP contribution in [0.5, 0.6) is 11.5 Å². The molecule has 1 rings (SSSR count). The highest BCUT2D eigenvalue weighted by atomic mass is 16.5. The first-order valence-corrected chi connectivity index (χ1v) is 12.0. The minimum atomic E-state index is 0.195. The summed E-state index contributed by atoms with van der Waals surface area (Å²) in [5.74, 6) is 1.48. The van der Waals surface area contributed by atoms with Gasteiger partial charge in [0.25, 0.3) is 0 Å². The van der Waals surface area contributed by atoms with E-state index in [9.17, 15) is 4.79 Å². The fraction of sp³-hybridized carbons (Fsp3) is 0.731. The Morgan fingerprint density at radius 1 is 0.655 bits per heavy atom. The predicted octanol–water partition coefficient (Wildman–Crippen LogP) is 8.15. The Kier molecular flexibility index (Phi) is 15.3. The van der Waals surface area contributed by atoms with Crippen LogP contribution in [0.1, 0.15) is 120 Å². The van der Waals surface area contributed by atoms with E-state index in [2.05, 4.69) is 6.92 Å². The van der Waals surface area contributed by atoms with Gasteiger partial charge in [0.15, 0.2) is 17.3 Å². The average Bonchev–Trinajstić information content (AvgIpc) is 2.75. The Balaban J connectivity index is 1.96. The number of carbonyl (C=O) groups is 1. The van der Waals surface area contributed by atoms with E-state index in [1.165, 1.54) is 83.5 Å². The lowest BCUT2D eigenvalue weighted by Gasteiger charge is -2.09. The van der Waals surface area contributed by atoms with E-state index in [0.29, 0.717) is 23.5 Å². The van der Waals surface area contributed by atoms with Crippen LogP contribution >= 0.6 is 0 Å². The third kappa shape index (κ3) is 11.9. The first kappa shape index (κ1) is 25.5. The molecule has 0 N–H and O–H groups in total. The zero-order valence-corrected chi connectivity index (χ0v) is 19.3. The van der Waals surface area contributed by atoms with Crippen LogP contribution in [0.3, 0.4) is 0 Å². The molecule has 0 radical (unpaired) electrons. The summed E-state index contributed by atoms with van der Waals surface area (Å²) in [5.41, 5.74) is 0.716. The zero-order valence-electron chi connectivity index (χ0n) is 19.3. The molecule has 1 aromatic rings. The van der Waals surface area contributed by atoms with E-state index in [1.54, 1.807) is 26.4 Å². The molecule has 0 saturated heterocycles. The van der Waals surface area contributed by atoms with E-state index < -0.39 is 0 Å². The van der Waals surface area contributed by atoms with Gasteiger partial charge in [0.05, 0.1) is 14.2 Å². The van der Waals surface area contributed by atoms with Crippen molar-refractivity contribution < 1.29 is 14.3 Å². The van der Waals surface area contributed by atoms with Crippen molar-refractivity contribution in [1.82, 2.24) is 0 Å². The number of hydrogen-bond donors (Lipinski definition) is 0. The Labute approximate surface area is 179 Å². The molecule has 0 aromatic heterocycles. The van der Waals surface area contributed by atoms with Gasteiger partial charge in [0, 0.05) is 12.0 Å². The van der Waals surface area contributed by atoms with Crippen molar-refractivity contribution in [3.05, 3.63) is 23.8 Å². The molecular weight excluding hydrogens is 360 g/mol. The summed E-state index contributed by atoms with van der Waals surface area (Å²) in [6.07, 6.45) is 20.7. The number of methoxy groups -OCH3 is 2. The van der Waals surface area contributed by atoms with E-state index in [-0.39, 0.29) is 5.78 Å². The number of carbonyl (C=O) groups excluding carboxylic acids is 1. The smallest absolute Gasteiger partial charge is 0.163 e. The van der Waals surface area contributed by atoms with Crippen molar-refractivity contribution in [1.29, 1.82) is 0 Å². The maximum atomic E-state index is 12.3. The molecule has 0 aliphatic carbocycles. The monoisotopic (exact) mass is 404 g/mol. The number of ether oxygens (including phenoxy) is 2. The molecule has 0 aliphatic rings. The number of benzene rings is 1. The minimum absolute atomic E-state index is 0.195. The van der Waals surface area contributed by atoms with Crippen molar-refractivity contribution >= 4 is 5.78 Å². The number of ketones is 1. The van der Waals surface area contributed by atoms with Gasteiger partial charge in [-0.05, 0) is 24.6 Å². The minimum Gasteiger partial charge on any atom is -0.493 e. The van der Waals surface area contributed by atoms with Gasteiger partial charge in [0.2, 0.25) is 0 Å². The quantitative estimate of drug-likeness (QED) is 0.172. The number of Topliss-reactive ketones (excluding diaryl/α,β-unsaturated/α-hetero) is 1. The Morgan fingerprint density at radius 2 is 1.10 bits per heavy atom. The molecule has 0 fully saturated rings. The van der Waals surface area contributed by atoms with Gasteiger partial charge < -0.3 is 9.47 Å². The van der Waals surface area contributed by atoms with E-state index in [1.807, 2.05) is 6.07 Å². The predicted molar refractivity (Wildman–Crippen MR) is 123 cm³/mol. The lowest BCUT2D eigenvalue weighted by molar-refractivity contribution is 0.0978. The average molecular weight is 405 g/mol. The molecule has 0 amide bonds. The number of unbranched alkanes of at least 4 members (excludes halogenated alkanes) is 14. The van der Waals surface area contributed by atoms with Crippen LogP contribution in [0.25, 0.3) is 0 Å². The van der Waals surface area contributed by atoms with Crippen LogP contribution in [0.15, 0.2) is 18.2 Å². The van der Waals surface area contributed by atoms with Gasteiger partial charge in [-0.1, -0.05) is 96.8 Å². The molecule has 0 unspecified atom stereocenters. The van der Waals surface area contributed by atoms with Crippen molar-refractivity contribution in [2.24, 2.45) is 0 Å². The van der Waals surface area contributed by atoms with Gasteiger partial charge in [-0.3, -0.25) is 4.79 Å². The van der Waals surface area contributed by atoms with Crippen LogP contribution in [0.4, 0.5) is 0 Å². The second kappa shape index (κ2) is 17.4. The molecule has 0 heterocycles. The molecule has 0 saturated carbocycles. The molecule has 166 valence electrons. The highest BCUT2D eigenvalue weighted by molar-refractivity contribution is 5.96. The van der Waals surface area contributed by atoms with Crippen LogP contribution in [0.2, 0.25) is 0 Å². The summed E-state index contributed by atoms with van der Waals surface area (Å²) in [7, 11) is 3.20. The Hall–Kier alpha value is -1.51. The number of hydrogen-bond acceptors (Lipinski definition) is 3. The largest absolute Gasteiger partial charge is 0.493 e. The van der Waals surface area contributed by atoms with Crippen molar-refractivity contribution in [3.63, 3.8) is 0 Å². The lowest BCUT2D eigenvalue weighted by atomic mass is 10.0.